The van der Waals surface area contributed by atoms with Crippen molar-refractivity contribution in [3.8, 4) is 0 Å². The molecule has 2 aromatic heterocycles. The largest absolute Gasteiger partial charge is 0.445 e. The third kappa shape index (κ3) is 2.10. The lowest BCUT2D eigenvalue weighted by molar-refractivity contribution is 0.601. The summed E-state index contributed by atoms with van der Waals surface area (Å²) < 4.78 is 5.21. The Hall–Kier alpha value is -2.36. The van der Waals surface area contributed by atoms with Crippen LogP contribution in [0.25, 0.3) is 16.7 Å². The van der Waals surface area contributed by atoms with Crippen LogP contribution in [0.2, 0.25) is 0 Å². The molecule has 0 unspecified atom stereocenters. The van der Waals surface area contributed by atoms with Crippen LogP contribution in [0.4, 0.5) is 0 Å². The molecule has 4 nitrogen and oxygen atoms in total. The Bertz CT molecular complexity index is 659. The van der Waals surface area contributed by atoms with E-state index in [4.69, 9.17) is 4.42 Å². The summed E-state index contributed by atoms with van der Waals surface area (Å²) in [5.41, 5.74) is 1.47. The molecule has 2 rings (SSSR count). The van der Waals surface area contributed by atoms with Gasteiger partial charge in [-0.3, -0.25) is 4.79 Å². The summed E-state index contributed by atoms with van der Waals surface area (Å²) in [6.07, 6.45) is 10.3. The van der Waals surface area contributed by atoms with Gasteiger partial charge in [-0.15, -0.1) is 0 Å². The number of hydrogen-bond acceptors (Lipinski definition) is 3. The molecule has 0 aromatic carbocycles. The summed E-state index contributed by atoms with van der Waals surface area (Å²) in [6, 6.07) is 0. The highest BCUT2D eigenvalue weighted by atomic mass is 16.3. The average Bonchev–Trinajstić information content (AvgIpc) is 2.74. The van der Waals surface area contributed by atoms with Gasteiger partial charge in [-0.25, -0.2) is 4.98 Å². The van der Waals surface area contributed by atoms with Gasteiger partial charge in [0.25, 0.3) is 5.56 Å². The molecule has 0 saturated carbocycles. The highest BCUT2D eigenvalue weighted by Crippen LogP contribution is 2.22. The molecule has 2 aromatic rings. The molecule has 0 amide bonds. The van der Waals surface area contributed by atoms with Crippen molar-refractivity contribution in [2.24, 2.45) is 0 Å². The number of nitrogens with zero attached hydrogens (tertiary/aromatic N) is 1. The smallest absolute Gasteiger partial charge is 0.262 e. The summed E-state index contributed by atoms with van der Waals surface area (Å²) in [5, 5.41) is 0.433. The number of nitrogens with one attached hydrogen (secondary N) is 1. The molecule has 0 bridgehead atoms. The van der Waals surface area contributed by atoms with Crippen LogP contribution in [0.1, 0.15) is 12.5 Å². The first-order chi connectivity index (χ1) is 8.24. The molecular formula is C13H12N2O2. The van der Waals surface area contributed by atoms with E-state index in [0.29, 0.717) is 22.2 Å². The van der Waals surface area contributed by atoms with E-state index < -0.39 is 0 Å². The third-order valence-electron chi connectivity index (χ3n) is 2.32. The van der Waals surface area contributed by atoms with Gasteiger partial charge >= 0.3 is 0 Å². The fraction of sp³-hybridized carbons (Fsp3) is 0.0769. The molecule has 0 saturated heterocycles. The van der Waals surface area contributed by atoms with Crippen LogP contribution >= 0.6 is 0 Å². The lowest BCUT2D eigenvalue weighted by atomic mass is 10.1. The van der Waals surface area contributed by atoms with E-state index >= 15 is 0 Å². The number of furan rings is 1. The standard InChI is InChI=1S/C13H12N2O2/c1-3-4-5-6-9(2)10-7-17-13-11(10)12(16)14-8-15-13/h3-8H,2H2,1H3,(H,14,15,16)/b4-3-,6-5-. The average molecular weight is 228 g/mol. The van der Waals surface area contributed by atoms with Crippen LogP contribution in [-0.4, -0.2) is 9.97 Å². The molecule has 0 aliphatic heterocycles. The van der Waals surface area contributed by atoms with Gasteiger partial charge in [0.15, 0.2) is 0 Å². The molecule has 86 valence electrons. The Balaban J connectivity index is 2.50. The number of H-pyrrole nitrogens is 1. The maximum atomic E-state index is 11.7. The van der Waals surface area contributed by atoms with Crippen molar-refractivity contribution in [2.75, 3.05) is 0 Å². The van der Waals surface area contributed by atoms with Crippen molar-refractivity contribution in [2.45, 2.75) is 6.92 Å². The summed E-state index contributed by atoms with van der Waals surface area (Å²) >= 11 is 0. The summed E-state index contributed by atoms with van der Waals surface area (Å²) in [5.74, 6) is 0. The molecule has 1 N–H and O–H groups in total. The van der Waals surface area contributed by atoms with E-state index in [1.165, 1.54) is 12.6 Å². The van der Waals surface area contributed by atoms with E-state index in [9.17, 15) is 4.79 Å². The number of hydrogen-bond donors (Lipinski definition) is 1. The number of aromatic amines is 1. The van der Waals surface area contributed by atoms with Gasteiger partial charge in [0.05, 0.1) is 6.33 Å². The SMILES string of the molecule is C=C(/C=C\C=C/C)c1coc2nc[nH]c(=O)c12. The van der Waals surface area contributed by atoms with Gasteiger partial charge in [0, 0.05) is 5.56 Å². The fourth-order valence-electron chi connectivity index (χ4n) is 1.49. The minimum absolute atomic E-state index is 0.223. The molecule has 0 aliphatic rings. The minimum Gasteiger partial charge on any atom is -0.445 e. The van der Waals surface area contributed by atoms with Crippen molar-refractivity contribution >= 4 is 16.7 Å². The lowest BCUT2D eigenvalue weighted by Gasteiger charge is -1.94. The first kappa shape index (κ1) is 11.1. The van der Waals surface area contributed by atoms with Crippen molar-refractivity contribution in [3.63, 3.8) is 0 Å². The monoisotopic (exact) mass is 228 g/mol. The van der Waals surface area contributed by atoms with Gasteiger partial charge < -0.3 is 9.40 Å². The van der Waals surface area contributed by atoms with Crippen molar-refractivity contribution in [3.05, 3.63) is 59.4 Å². The van der Waals surface area contributed by atoms with Crippen LogP contribution in [0.5, 0.6) is 0 Å². The molecule has 0 aliphatic carbocycles. The lowest BCUT2D eigenvalue weighted by Crippen LogP contribution is -2.05. The van der Waals surface area contributed by atoms with E-state index in [-0.39, 0.29) is 5.56 Å². The molecule has 17 heavy (non-hydrogen) atoms. The molecule has 0 fully saturated rings. The van der Waals surface area contributed by atoms with Crippen molar-refractivity contribution in [1.29, 1.82) is 0 Å². The quantitative estimate of drug-likeness (QED) is 0.821. The Kier molecular flexibility index (Phi) is 3.05. The molecule has 0 radical (unpaired) electrons. The predicted octanol–water partition coefficient (Wildman–Crippen LogP) is 2.66. The van der Waals surface area contributed by atoms with E-state index in [0.717, 1.165) is 0 Å². The normalized spacial score (nSPS) is 11.8. The summed E-state index contributed by atoms with van der Waals surface area (Å²) in [4.78, 5) is 18.1. The summed E-state index contributed by atoms with van der Waals surface area (Å²) in [7, 11) is 0. The second-order valence-electron chi connectivity index (χ2n) is 3.47. The Morgan fingerprint density at radius 1 is 1.53 bits per heavy atom. The first-order valence-corrected chi connectivity index (χ1v) is 5.17. The van der Waals surface area contributed by atoms with Crippen LogP contribution in [0, 0.1) is 0 Å². The maximum Gasteiger partial charge on any atom is 0.262 e. The van der Waals surface area contributed by atoms with E-state index in [2.05, 4.69) is 16.5 Å². The van der Waals surface area contributed by atoms with Gasteiger partial charge in [-0.1, -0.05) is 30.9 Å². The Labute approximate surface area is 98.0 Å². The summed E-state index contributed by atoms with van der Waals surface area (Å²) in [6.45, 7) is 5.82. The second kappa shape index (κ2) is 4.65. The molecule has 2 heterocycles. The first-order valence-electron chi connectivity index (χ1n) is 5.17. The maximum absolute atomic E-state index is 11.7. The van der Waals surface area contributed by atoms with E-state index in [1.54, 1.807) is 0 Å². The van der Waals surface area contributed by atoms with Gasteiger partial charge in [-0.2, -0.15) is 0 Å². The van der Waals surface area contributed by atoms with Crippen LogP contribution in [0.3, 0.4) is 0 Å². The number of rotatable bonds is 3. The Morgan fingerprint density at radius 3 is 3.12 bits per heavy atom. The highest BCUT2D eigenvalue weighted by molar-refractivity contribution is 5.90. The molecule has 0 spiro atoms. The zero-order valence-corrected chi connectivity index (χ0v) is 9.43. The van der Waals surface area contributed by atoms with Crippen molar-refractivity contribution in [1.82, 2.24) is 9.97 Å². The van der Waals surface area contributed by atoms with Crippen molar-refractivity contribution < 1.29 is 4.42 Å². The van der Waals surface area contributed by atoms with Crippen LogP contribution in [-0.2, 0) is 0 Å². The van der Waals surface area contributed by atoms with Crippen LogP contribution in [0.15, 0.2) is 52.7 Å². The molecule has 0 atom stereocenters. The highest BCUT2D eigenvalue weighted by Gasteiger charge is 2.11. The zero-order chi connectivity index (χ0) is 12.3. The fourth-order valence-corrected chi connectivity index (χ4v) is 1.49. The number of fused-ring (bicyclic) bond motifs is 1. The Morgan fingerprint density at radius 2 is 2.35 bits per heavy atom. The van der Waals surface area contributed by atoms with Gasteiger partial charge in [0.1, 0.15) is 11.6 Å². The second-order valence-corrected chi connectivity index (χ2v) is 3.47. The van der Waals surface area contributed by atoms with Gasteiger partial charge in [-0.05, 0) is 12.5 Å². The number of aromatic nitrogens is 2. The third-order valence-corrected chi connectivity index (χ3v) is 2.32. The molecular weight excluding hydrogens is 216 g/mol. The van der Waals surface area contributed by atoms with E-state index in [1.807, 2.05) is 31.2 Å². The minimum atomic E-state index is -0.223. The van der Waals surface area contributed by atoms with Crippen LogP contribution < -0.4 is 5.56 Å². The zero-order valence-electron chi connectivity index (χ0n) is 9.43. The van der Waals surface area contributed by atoms with Gasteiger partial charge in [0.2, 0.25) is 5.71 Å². The predicted molar refractivity (Wildman–Crippen MR) is 67.6 cm³/mol. The topological polar surface area (TPSA) is 58.9 Å². The molecule has 4 heteroatoms. The number of allylic oxidation sites excluding steroid dienone is 5.